The first kappa shape index (κ1) is 12.0. The SMILES string of the molecule is CCOC1(C(N)Cc2cncs2)CCCC1. The zero-order valence-corrected chi connectivity index (χ0v) is 10.6. The fraction of sp³-hybridized carbons (Fsp3) is 0.750. The highest BCUT2D eigenvalue weighted by molar-refractivity contribution is 7.09. The molecule has 2 N–H and O–H groups in total. The van der Waals surface area contributed by atoms with Gasteiger partial charge in [-0.1, -0.05) is 12.8 Å². The molecule has 0 spiro atoms. The van der Waals surface area contributed by atoms with Gasteiger partial charge in [-0.25, -0.2) is 0 Å². The molecule has 1 aliphatic carbocycles. The second-order valence-corrected chi connectivity index (χ2v) is 5.45. The molecule has 0 amide bonds. The minimum Gasteiger partial charge on any atom is -0.374 e. The Hall–Kier alpha value is -0.450. The third-order valence-electron chi connectivity index (χ3n) is 3.46. The van der Waals surface area contributed by atoms with Crippen LogP contribution < -0.4 is 5.73 Å². The van der Waals surface area contributed by atoms with Gasteiger partial charge in [-0.2, -0.15) is 0 Å². The van der Waals surface area contributed by atoms with Crippen LogP contribution in [0.5, 0.6) is 0 Å². The van der Waals surface area contributed by atoms with E-state index >= 15 is 0 Å². The molecule has 0 aromatic carbocycles. The third kappa shape index (κ3) is 2.44. The Morgan fingerprint density at radius 3 is 2.88 bits per heavy atom. The van der Waals surface area contributed by atoms with Gasteiger partial charge in [-0.15, -0.1) is 11.3 Å². The first-order valence-corrected chi connectivity index (χ1v) is 6.92. The minimum atomic E-state index is -0.0707. The quantitative estimate of drug-likeness (QED) is 0.859. The maximum atomic E-state index is 6.35. The number of nitrogens with two attached hydrogens (primary N) is 1. The number of ether oxygens (including phenoxy) is 1. The molecule has 16 heavy (non-hydrogen) atoms. The summed E-state index contributed by atoms with van der Waals surface area (Å²) in [6, 6.07) is 0.107. The van der Waals surface area contributed by atoms with E-state index in [4.69, 9.17) is 10.5 Å². The van der Waals surface area contributed by atoms with E-state index in [1.54, 1.807) is 11.3 Å². The van der Waals surface area contributed by atoms with Gasteiger partial charge in [0.15, 0.2) is 0 Å². The average Bonchev–Trinajstić information content (AvgIpc) is 2.89. The van der Waals surface area contributed by atoms with Gasteiger partial charge in [-0.05, 0) is 19.8 Å². The first-order chi connectivity index (χ1) is 7.77. The lowest BCUT2D eigenvalue weighted by atomic mass is 9.90. The second kappa shape index (κ2) is 5.25. The summed E-state index contributed by atoms with van der Waals surface area (Å²) in [5, 5.41) is 0. The van der Waals surface area contributed by atoms with Gasteiger partial charge in [0.1, 0.15) is 0 Å². The summed E-state index contributed by atoms with van der Waals surface area (Å²) in [4.78, 5) is 5.36. The fourth-order valence-corrected chi connectivity index (χ4v) is 3.28. The highest BCUT2D eigenvalue weighted by atomic mass is 32.1. The molecular weight excluding hydrogens is 220 g/mol. The van der Waals surface area contributed by atoms with Crippen molar-refractivity contribution in [3.63, 3.8) is 0 Å². The van der Waals surface area contributed by atoms with Crippen molar-refractivity contribution in [3.8, 4) is 0 Å². The molecule has 1 aromatic heterocycles. The Balaban J connectivity index is 2.02. The topological polar surface area (TPSA) is 48.1 Å². The lowest BCUT2D eigenvalue weighted by Gasteiger charge is -2.34. The van der Waals surface area contributed by atoms with Crippen molar-refractivity contribution >= 4 is 11.3 Å². The normalized spacial score (nSPS) is 21.1. The maximum Gasteiger partial charge on any atom is 0.0836 e. The van der Waals surface area contributed by atoms with Crippen LogP contribution in [0.25, 0.3) is 0 Å². The fourth-order valence-electron chi connectivity index (χ4n) is 2.63. The smallest absolute Gasteiger partial charge is 0.0836 e. The molecule has 0 aliphatic heterocycles. The summed E-state index contributed by atoms with van der Waals surface area (Å²) in [6.07, 6.45) is 7.53. The minimum absolute atomic E-state index is 0.0707. The van der Waals surface area contributed by atoms with Crippen LogP contribution in [0.3, 0.4) is 0 Å². The van der Waals surface area contributed by atoms with Gasteiger partial charge in [0, 0.05) is 30.1 Å². The van der Waals surface area contributed by atoms with E-state index < -0.39 is 0 Å². The number of hydrogen-bond acceptors (Lipinski definition) is 4. The summed E-state index contributed by atoms with van der Waals surface area (Å²) in [7, 11) is 0. The highest BCUT2D eigenvalue weighted by Crippen LogP contribution is 2.36. The summed E-state index contributed by atoms with van der Waals surface area (Å²) < 4.78 is 5.96. The molecule has 90 valence electrons. The highest BCUT2D eigenvalue weighted by Gasteiger charge is 2.40. The maximum absolute atomic E-state index is 6.35. The van der Waals surface area contributed by atoms with E-state index in [0.29, 0.717) is 0 Å². The molecule has 3 nitrogen and oxygen atoms in total. The van der Waals surface area contributed by atoms with E-state index in [2.05, 4.69) is 11.9 Å². The van der Waals surface area contributed by atoms with Crippen molar-refractivity contribution in [2.45, 2.75) is 50.7 Å². The Morgan fingerprint density at radius 2 is 2.31 bits per heavy atom. The molecule has 0 bridgehead atoms. The molecule has 1 heterocycles. The third-order valence-corrected chi connectivity index (χ3v) is 4.26. The van der Waals surface area contributed by atoms with Gasteiger partial charge in [0.05, 0.1) is 11.1 Å². The molecule has 0 saturated heterocycles. The molecule has 0 radical (unpaired) electrons. The van der Waals surface area contributed by atoms with Crippen LogP contribution in [-0.4, -0.2) is 23.2 Å². The van der Waals surface area contributed by atoms with Crippen LogP contribution in [0.15, 0.2) is 11.7 Å². The van der Waals surface area contributed by atoms with Crippen LogP contribution in [0.1, 0.15) is 37.5 Å². The van der Waals surface area contributed by atoms with Crippen LogP contribution in [-0.2, 0) is 11.2 Å². The van der Waals surface area contributed by atoms with Crippen molar-refractivity contribution in [2.24, 2.45) is 5.73 Å². The molecule has 4 heteroatoms. The van der Waals surface area contributed by atoms with Gasteiger partial charge >= 0.3 is 0 Å². The Morgan fingerprint density at radius 1 is 1.56 bits per heavy atom. The summed E-state index contributed by atoms with van der Waals surface area (Å²) >= 11 is 1.68. The van der Waals surface area contributed by atoms with Gasteiger partial charge in [0.25, 0.3) is 0 Å². The molecule has 2 rings (SSSR count). The Labute approximate surface area is 101 Å². The molecule has 1 aliphatic rings. The van der Waals surface area contributed by atoms with Gasteiger partial charge in [-0.3, -0.25) is 4.98 Å². The zero-order valence-electron chi connectivity index (χ0n) is 9.82. The number of thiazole rings is 1. The number of nitrogens with zero attached hydrogens (tertiary/aromatic N) is 1. The standard InChI is InChI=1S/C12H20N2OS/c1-2-15-12(5-3-4-6-12)11(13)7-10-8-14-9-16-10/h8-9,11H,2-7,13H2,1H3. The first-order valence-electron chi connectivity index (χ1n) is 6.04. The van der Waals surface area contributed by atoms with E-state index in [-0.39, 0.29) is 11.6 Å². The van der Waals surface area contributed by atoms with Crippen LogP contribution in [0.2, 0.25) is 0 Å². The van der Waals surface area contributed by atoms with E-state index in [1.165, 1.54) is 17.7 Å². The Bertz CT molecular complexity index is 307. The van der Waals surface area contributed by atoms with Crippen molar-refractivity contribution in [2.75, 3.05) is 6.61 Å². The largest absolute Gasteiger partial charge is 0.374 e. The van der Waals surface area contributed by atoms with Crippen molar-refractivity contribution in [1.29, 1.82) is 0 Å². The molecule has 1 saturated carbocycles. The van der Waals surface area contributed by atoms with E-state index in [1.807, 2.05) is 11.7 Å². The molecular formula is C12H20N2OS. The van der Waals surface area contributed by atoms with Crippen LogP contribution in [0, 0.1) is 0 Å². The van der Waals surface area contributed by atoms with Gasteiger partial charge < -0.3 is 10.5 Å². The second-order valence-electron chi connectivity index (χ2n) is 4.48. The van der Waals surface area contributed by atoms with Crippen LogP contribution >= 0.6 is 11.3 Å². The van der Waals surface area contributed by atoms with Crippen LogP contribution in [0.4, 0.5) is 0 Å². The monoisotopic (exact) mass is 240 g/mol. The molecule has 1 fully saturated rings. The zero-order chi connectivity index (χ0) is 11.4. The predicted molar refractivity (Wildman–Crippen MR) is 66.6 cm³/mol. The summed E-state index contributed by atoms with van der Waals surface area (Å²) in [6.45, 7) is 2.82. The Kier molecular flexibility index (Phi) is 3.95. The number of hydrogen-bond donors (Lipinski definition) is 1. The summed E-state index contributed by atoms with van der Waals surface area (Å²) in [5.41, 5.74) is 8.14. The van der Waals surface area contributed by atoms with E-state index in [0.717, 1.165) is 25.9 Å². The predicted octanol–water partition coefficient (Wildman–Crippen LogP) is 2.36. The lowest BCUT2D eigenvalue weighted by Crippen LogP contribution is -2.49. The van der Waals surface area contributed by atoms with E-state index in [9.17, 15) is 0 Å². The lowest BCUT2D eigenvalue weighted by molar-refractivity contribution is -0.0523. The van der Waals surface area contributed by atoms with Crippen molar-refractivity contribution in [3.05, 3.63) is 16.6 Å². The molecule has 1 unspecified atom stereocenters. The molecule has 1 aromatic rings. The van der Waals surface area contributed by atoms with Gasteiger partial charge in [0.2, 0.25) is 0 Å². The number of aromatic nitrogens is 1. The summed E-state index contributed by atoms with van der Waals surface area (Å²) in [5.74, 6) is 0. The number of rotatable bonds is 5. The van der Waals surface area contributed by atoms with Crippen molar-refractivity contribution in [1.82, 2.24) is 4.98 Å². The average molecular weight is 240 g/mol. The van der Waals surface area contributed by atoms with Crippen molar-refractivity contribution < 1.29 is 4.74 Å². The molecule has 1 atom stereocenters.